The molecule has 1 aromatic rings. The summed E-state index contributed by atoms with van der Waals surface area (Å²) in [5.41, 5.74) is 1.25. The second-order valence-corrected chi connectivity index (χ2v) is 4.09. The van der Waals surface area contributed by atoms with Crippen molar-refractivity contribution in [1.82, 2.24) is 5.32 Å². The number of hydrogen-bond acceptors (Lipinski definition) is 3. The van der Waals surface area contributed by atoms with Crippen LogP contribution in [0.1, 0.15) is 12.5 Å². The van der Waals surface area contributed by atoms with Gasteiger partial charge in [0.15, 0.2) is 0 Å². The molecule has 0 aliphatic rings. The Morgan fingerprint density at radius 1 is 1.12 bits per heavy atom. The number of ether oxygens (including phenoxy) is 2. The van der Waals surface area contributed by atoms with Gasteiger partial charge >= 0.3 is 0 Å². The van der Waals surface area contributed by atoms with E-state index in [0.29, 0.717) is 5.92 Å². The van der Waals surface area contributed by atoms with Crippen molar-refractivity contribution >= 4 is 0 Å². The Morgan fingerprint density at radius 2 is 1.69 bits per heavy atom. The smallest absolute Gasteiger partial charge is 0.122 e. The summed E-state index contributed by atoms with van der Waals surface area (Å²) in [7, 11) is 5.33. The van der Waals surface area contributed by atoms with Crippen molar-refractivity contribution in [1.29, 1.82) is 0 Å². The fourth-order valence-corrected chi connectivity index (χ4v) is 1.81. The Hall–Kier alpha value is -1.22. The highest BCUT2D eigenvalue weighted by Gasteiger charge is 2.06. The molecule has 0 bridgehead atoms. The van der Waals surface area contributed by atoms with Gasteiger partial charge in [-0.05, 0) is 43.6 Å². The second kappa shape index (κ2) is 6.38. The molecule has 0 aromatic heterocycles. The molecule has 3 heteroatoms. The van der Waals surface area contributed by atoms with Crippen LogP contribution in [0.4, 0.5) is 0 Å². The van der Waals surface area contributed by atoms with E-state index in [1.54, 1.807) is 14.2 Å². The molecule has 90 valence electrons. The maximum Gasteiger partial charge on any atom is 0.122 e. The lowest BCUT2D eigenvalue weighted by molar-refractivity contribution is 0.392. The molecule has 0 aliphatic heterocycles. The van der Waals surface area contributed by atoms with Crippen LogP contribution in [0.3, 0.4) is 0 Å². The highest BCUT2D eigenvalue weighted by molar-refractivity contribution is 5.38. The van der Waals surface area contributed by atoms with Gasteiger partial charge in [0.25, 0.3) is 0 Å². The van der Waals surface area contributed by atoms with Crippen molar-refractivity contribution < 1.29 is 9.47 Å². The van der Waals surface area contributed by atoms with E-state index in [1.807, 2.05) is 13.1 Å². The van der Waals surface area contributed by atoms with E-state index in [1.165, 1.54) is 5.56 Å². The van der Waals surface area contributed by atoms with Gasteiger partial charge in [0.05, 0.1) is 14.2 Å². The van der Waals surface area contributed by atoms with Crippen LogP contribution in [0, 0.1) is 5.92 Å². The predicted octanol–water partition coefficient (Wildman–Crippen LogP) is 2.10. The van der Waals surface area contributed by atoms with E-state index >= 15 is 0 Å². The lowest BCUT2D eigenvalue weighted by atomic mass is 10.0. The van der Waals surface area contributed by atoms with Crippen LogP contribution in [0.2, 0.25) is 0 Å². The molecule has 0 radical (unpaired) electrons. The van der Waals surface area contributed by atoms with E-state index in [2.05, 4.69) is 24.4 Å². The first kappa shape index (κ1) is 12.8. The maximum atomic E-state index is 5.24. The summed E-state index contributed by atoms with van der Waals surface area (Å²) in [5.74, 6) is 2.30. The minimum absolute atomic E-state index is 0.599. The summed E-state index contributed by atoms with van der Waals surface area (Å²) < 4.78 is 10.5. The van der Waals surface area contributed by atoms with E-state index in [9.17, 15) is 0 Å². The normalized spacial score (nSPS) is 12.2. The van der Waals surface area contributed by atoms with E-state index in [4.69, 9.17) is 9.47 Å². The Bertz CT molecular complexity index is 303. The van der Waals surface area contributed by atoms with Gasteiger partial charge in [0.2, 0.25) is 0 Å². The fraction of sp³-hybridized carbons (Fsp3) is 0.538. The molecule has 0 fully saturated rings. The van der Waals surface area contributed by atoms with Crippen LogP contribution in [-0.4, -0.2) is 27.8 Å². The standard InChI is InChI=1S/C13H21NO2/c1-10(9-14-2)5-11-6-12(15-3)8-13(7-11)16-4/h6-8,10,14H,5,9H2,1-4H3. The third kappa shape index (κ3) is 3.74. The van der Waals surface area contributed by atoms with Crippen molar-refractivity contribution in [3.8, 4) is 11.5 Å². The zero-order valence-electron chi connectivity index (χ0n) is 10.5. The first-order chi connectivity index (χ1) is 7.69. The molecular formula is C13H21NO2. The highest BCUT2D eigenvalue weighted by atomic mass is 16.5. The molecule has 1 aromatic carbocycles. The van der Waals surface area contributed by atoms with Crippen LogP contribution < -0.4 is 14.8 Å². The minimum Gasteiger partial charge on any atom is -0.497 e. The van der Waals surface area contributed by atoms with Gasteiger partial charge in [-0.2, -0.15) is 0 Å². The van der Waals surface area contributed by atoms with Crippen LogP contribution in [-0.2, 0) is 6.42 Å². The van der Waals surface area contributed by atoms with Crippen LogP contribution in [0.25, 0.3) is 0 Å². The molecule has 1 N–H and O–H groups in total. The van der Waals surface area contributed by atoms with E-state index in [-0.39, 0.29) is 0 Å². The van der Waals surface area contributed by atoms with Gasteiger partial charge in [-0.3, -0.25) is 0 Å². The zero-order valence-corrected chi connectivity index (χ0v) is 10.5. The maximum absolute atomic E-state index is 5.24. The number of rotatable bonds is 6. The summed E-state index contributed by atoms with van der Waals surface area (Å²) in [6.07, 6.45) is 1.02. The van der Waals surface area contributed by atoms with Gasteiger partial charge in [-0.1, -0.05) is 6.92 Å². The highest BCUT2D eigenvalue weighted by Crippen LogP contribution is 2.24. The zero-order chi connectivity index (χ0) is 12.0. The average molecular weight is 223 g/mol. The molecule has 1 atom stereocenters. The Balaban J connectivity index is 2.78. The molecule has 0 saturated carbocycles. The Labute approximate surface area is 97.8 Å². The van der Waals surface area contributed by atoms with Crippen molar-refractivity contribution in [3.05, 3.63) is 23.8 Å². The molecular weight excluding hydrogens is 202 g/mol. The van der Waals surface area contributed by atoms with Crippen LogP contribution >= 0.6 is 0 Å². The predicted molar refractivity (Wildman–Crippen MR) is 66.3 cm³/mol. The van der Waals surface area contributed by atoms with E-state index < -0.39 is 0 Å². The minimum atomic E-state index is 0.599. The second-order valence-electron chi connectivity index (χ2n) is 4.09. The molecule has 3 nitrogen and oxygen atoms in total. The number of nitrogens with one attached hydrogen (secondary N) is 1. The fourth-order valence-electron chi connectivity index (χ4n) is 1.81. The van der Waals surface area contributed by atoms with Crippen LogP contribution in [0.15, 0.2) is 18.2 Å². The van der Waals surface area contributed by atoms with E-state index in [0.717, 1.165) is 24.5 Å². The third-order valence-electron chi connectivity index (χ3n) is 2.55. The number of hydrogen-bond donors (Lipinski definition) is 1. The molecule has 0 aliphatic carbocycles. The molecule has 1 unspecified atom stereocenters. The van der Waals surface area contributed by atoms with Crippen molar-refractivity contribution in [3.63, 3.8) is 0 Å². The van der Waals surface area contributed by atoms with Gasteiger partial charge in [0.1, 0.15) is 11.5 Å². The summed E-state index contributed by atoms with van der Waals surface area (Å²) in [5, 5.41) is 3.18. The summed E-state index contributed by atoms with van der Waals surface area (Å²) in [6, 6.07) is 6.02. The Kier molecular flexibility index (Phi) is 5.12. The summed E-state index contributed by atoms with van der Waals surface area (Å²) in [6.45, 7) is 3.24. The monoisotopic (exact) mass is 223 g/mol. The summed E-state index contributed by atoms with van der Waals surface area (Å²) >= 11 is 0. The summed E-state index contributed by atoms with van der Waals surface area (Å²) in [4.78, 5) is 0. The average Bonchev–Trinajstić information content (AvgIpc) is 2.28. The molecule has 0 spiro atoms. The molecule has 1 rings (SSSR count). The number of methoxy groups -OCH3 is 2. The third-order valence-corrected chi connectivity index (χ3v) is 2.55. The number of benzene rings is 1. The van der Waals surface area contributed by atoms with Gasteiger partial charge in [-0.25, -0.2) is 0 Å². The SMILES string of the molecule is CNCC(C)Cc1cc(OC)cc(OC)c1. The Morgan fingerprint density at radius 3 is 2.12 bits per heavy atom. The van der Waals surface area contributed by atoms with Gasteiger partial charge in [0, 0.05) is 6.07 Å². The topological polar surface area (TPSA) is 30.5 Å². The first-order valence-corrected chi connectivity index (χ1v) is 5.56. The van der Waals surface area contributed by atoms with Gasteiger partial charge in [-0.15, -0.1) is 0 Å². The van der Waals surface area contributed by atoms with Gasteiger partial charge < -0.3 is 14.8 Å². The lowest BCUT2D eigenvalue weighted by Gasteiger charge is -2.13. The van der Waals surface area contributed by atoms with Crippen molar-refractivity contribution in [2.24, 2.45) is 5.92 Å². The molecule has 0 saturated heterocycles. The molecule has 16 heavy (non-hydrogen) atoms. The van der Waals surface area contributed by atoms with Crippen LogP contribution in [0.5, 0.6) is 11.5 Å². The largest absolute Gasteiger partial charge is 0.497 e. The molecule has 0 amide bonds. The quantitative estimate of drug-likeness (QED) is 0.801. The first-order valence-electron chi connectivity index (χ1n) is 5.56. The van der Waals surface area contributed by atoms with Crippen molar-refractivity contribution in [2.45, 2.75) is 13.3 Å². The lowest BCUT2D eigenvalue weighted by Crippen LogP contribution is -2.17. The van der Waals surface area contributed by atoms with Crippen molar-refractivity contribution in [2.75, 3.05) is 27.8 Å². The molecule has 0 heterocycles.